The molecule has 0 saturated heterocycles. The number of rotatable bonds is 3. The summed E-state index contributed by atoms with van der Waals surface area (Å²) >= 11 is 0. The van der Waals surface area contributed by atoms with Crippen LogP contribution in [0.25, 0.3) is 0 Å². The topological polar surface area (TPSA) is 83.6 Å². The summed E-state index contributed by atoms with van der Waals surface area (Å²) in [5, 5.41) is 28.4. The van der Waals surface area contributed by atoms with Gasteiger partial charge in [-0.25, -0.2) is 0 Å². The van der Waals surface area contributed by atoms with Gasteiger partial charge in [0.05, 0.1) is 10.4 Å². The van der Waals surface area contributed by atoms with Crippen LogP contribution in [0.2, 0.25) is 0 Å². The lowest BCUT2D eigenvalue weighted by molar-refractivity contribution is -0.383. The second-order valence-electron chi connectivity index (χ2n) is 2.88. The molecule has 6 heteroatoms. The number of hydrogen-bond donors (Lipinski definition) is 2. The second-order valence-corrected chi connectivity index (χ2v) is 2.88. The average Bonchev–Trinajstić information content (AvgIpc) is 2.42. The maximum atomic E-state index is 10.5. The molecule has 5 nitrogen and oxygen atoms in total. The van der Waals surface area contributed by atoms with Crippen molar-refractivity contribution >= 4 is 18.3 Å². The molecule has 0 saturated carbocycles. The highest BCUT2D eigenvalue weighted by Gasteiger charge is 2.23. The first-order chi connectivity index (χ1) is 8.56. The van der Waals surface area contributed by atoms with E-state index in [9.17, 15) is 10.1 Å². The predicted molar refractivity (Wildman–Crippen MR) is 75.0 cm³/mol. The molecule has 102 valence electrons. The summed E-state index contributed by atoms with van der Waals surface area (Å²) in [6, 6.07) is 4.32. The Hall–Kier alpha value is -1.40. The van der Waals surface area contributed by atoms with Crippen molar-refractivity contribution in [3.8, 4) is 0 Å². The highest BCUT2D eigenvalue weighted by molar-refractivity contribution is 6.60. The van der Waals surface area contributed by atoms with Crippen molar-refractivity contribution < 1.29 is 15.0 Å². The van der Waals surface area contributed by atoms with E-state index in [1.807, 2.05) is 34.6 Å². The van der Waals surface area contributed by atoms with Gasteiger partial charge >= 0.3 is 7.12 Å². The van der Waals surface area contributed by atoms with Crippen molar-refractivity contribution in [3.63, 3.8) is 0 Å². The van der Waals surface area contributed by atoms with Crippen LogP contribution < -0.4 is 5.46 Å². The highest BCUT2D eigenvalue weighted by Crippen LogP contribution is 2.10. The van der Waals surface area contributed by atoms with Gasteiger partial charge in [0.1, 0.15) is 0 Å². The van der Waals surface area contributed by atoms with E-state index in [-0.39, 0.29) is 11.2 Å². The van der Waals surface area contributed by atoms with Crippen LogP contribution in [0.15, 0.2) is 18.2 Å². The van der Waals surface area contributed by atoms with Gasteiger partial charge in [0, 0.05) is 6.07 Å². The Bertz CT molecular complexity index is 356. The lowest BCUT2D eigenvalue weighted by Gasteiger charge is -2.03. The molecule has 18 heavy (non-hydrogen) atoms. The molecule has 0 atom stereocenters. The summed E-state index contributed by atoms with van der Waals surface area (Å²) in [5.41, 5.74) is 0.505. The lowest BCUT2D eigenvalue weighted by atomic mass is 9.78. The fourth-order valence-electron chi connectivity index (χ4n) is 1.20. The minimum atomic E-state index is -1.80. The van der Waals surface area contributed by atoms with Crippen LogP contribution in [-0.2, 0) is 6.42 Å². The maximum absolute atomic E-state index is 10.5. The molecule has 0 aromatic heterocycles. The quantitative estimate of drug-likeness (QED) is 0.490. The summed E-state index contributed by atoms with van der Waals surface area (Å²) in [6.45, 7) is 9.88. The van der Waals surface area contributed by atoms with Crippen molar-refractivity contribution in [1.29, 1.82) is 0 Å². The van der Waals surface area contributed by atoms with Gasteiger partial charge in [-0.15, -0.1) is 0 Å². The third kappa shape index (κ3) is 5.79. The van der Waals surface area contributed by atoms with Gasteiger partial charge in [-0.2, -0.15) is 0 Å². The molecule has 1 rings (SSSR count). The number of aryl methyl sites for hydroxylation is 1. The minimum absolute atomic E-state index is 0.0608. The molecule has 0 spiro atoms. The van der Waals surface area contributed by atoms with Crippen LogP contribution in [0.3, 0.4) is 0 Å². The fourth-order valence-corrected chi connectivity index (χ4v) is 1.20. The minimum Gasteiger partial charge on any atom is -0.423 e. The predicted octanol–water partition coefficient (Wildman–Crippen LogP) is 1.89. The number of nitrogens with zero attached hydrogens (tertiary/aromatic N) is 1. The number of hydrogen-bond acceptors (Lipinski definition) is 4. The van der Waals surface area contributed by atoms with Gasteiger partial charge in [0.25, 0.3) is 5.69 Å². The molecule has 2 N–H and O–H groups in total. The normalized spacial score (nSPS) is 8.39. The van der Waals surface area contributed by atoms with Crippen molar-refractivity contribution in [2.24, 2.45) is 0 Å². The van der Waals surface area contributed by atoms with Crippen molar-refractivity contribution in [2.75, 3.05) is 0 Å². The highest BCUT2D eigenvalue weighted by atomic mass is 16.6. The SMILES string of the molecule is CC.CC.CCc1ccc([N+](=O)[O-])c(B(O)O)c1. The smallest absolute Gasteiger partial charge is 0.423 e. The van der Waals surface area contributed by atoms with Gasteiger partial charge in [-0.1, -0.05) is 46.8 Å². The van der Waals surface area contributed by atoms with E-state index in [1.54, 1.807) is 6.07 Å². The summed E-state index contributed by atoms with van der Waals surface area (Å²) < 4.78 is 0. The van der Waals surface area contributed by atoms with Gasteiger partial charge in [0.2, 0.25) is 0 Å². The van der Waals surface area contributed by atoms with Crippen LogP contribution in [0.1, 0.15) is 40.2 Å². The molecule has 0 radical (unpaired) electrons. The molecule has 1 aromatic carbocycles. The molecule has 0 aliphatic heterocycles. The van der Waals surface area contributed by atoms with E-state index in [0.717, 1.165) is 5.56 Å². The van der Waals surface area contributed by atoms with E-state index in [1.165, 1.54) is 12.1 Å². The molecule has 0 heterocycles. The van der Waals surface area contributed by atoms with E-state index in [2.05, 4.69) is 0 Å². The number of nitro benzene ring substituents is 1. The van der Waals surface area contributed by atoms with E-state index in [4.69, 9.17) is 10.0 Å². The van der Waals surface area contributed by atoms with Crippen LogP contribution in [0.4, 0.5) is 5.69 Å². The molecule has 0 unspecified atom stereocenters. The van der Waals surface area contributed by atoms with Crippen LogP contribution in [-0.4, -0.2) is 22.1 Å². The average molecular weight is 255 g/mol. The van der Waals surface area contributed by atoms with E-state index in [0.29, 0.717) is 6.42 Å². The van der Waals surface area contributed by atoms with Crippen LogP contribution in [0.5, 0.6) is 0 Å². The molecule has 0 amide bonds. The lowest BCUT2D eigenvalue weighted by Crippen LogP contribution is -2.32. The zero-order valence-electron chi connectivity index (χ0n) is 11.7. The molecule has 0 aliphatic rings. The fraction of sp³-hybridized carbons (Fsp3) is 0.500. The first-order valence-corrected chi connectivity index (χ1v) is 6.19. The maximum Gasteiger partial charge on any atom is 0.495 e. The zero-order valence-corrected chi connectivity index (χ0v) is 11.7. The molecular formula is C12H22BNO4. The van der Waals surface area contributed by atoms with Crippen molar-refractivity contribution in [2.45, 2.75) is 41.0 Å². The third-order valence-corrected chi connectivity index (χ3v) is 1.98. The first kappa shape index (κ1) is 19.0. The molecular weight excluding hydrogens is 233 g/mol. The first-order valence-electron chi connectivity index (χ1n) is 6.19. The summed E-state index contributed by atoms with van der Waals surface area (Å²) in [6.07, 6.45) is 0.692. The Kier molecular flexibility index (Phi) is 11.3. The van der Waals surface area contributed by atoms with E-state index >= 15 is 0 Å². The van der Waals surface area contributed by atoms with Gasteiger partial charge in [0.15, 0.2) is 0 Å². The van der Waals surface area contributed by atoms with Gasteiger partial charge in [-0.05, 0) is 12.0 Å². The molecule has 0 fully saturated rings. The monoisotopic (exact) mass is 255 g/mol. The second kappa shape index (κ2) is 10.7. The Morgan fingerprint density at radius 3 is 2.06 bits per heavy atom. The number of benzene rings is 1. The zero-order chi connectivity index (χ0) is 14.7. The molecule has 0 aliphatic carbocycles. The van der Waals surface area contributed by atoms with Crippen LogP contribution in [0, 0.1) is 10.1 Å². The van der Waals surface area contributed by atoms with Gasteiger partial charge < -0.3 is 10.0 Å². The largest absolute Gasteiger partial charge is 0.495 e. The van der Waals surface area contributed by atoms with Crippen molar-refractivity contribution in [1.82, 2.24) is 0 Å². The summed E-state index contributed by atoms with van der Waals surface area (Å²) in [5.74, 6) is 0. The summed E-state index contributed by atoms with van der Waals surface area (Å²) in [4.78, 5) is 9.88. The molecule has 0 bridgehead atoms. The van der Waals surface area contributed by atoms with Gasteiger partial charge in [-0.3, -0.25) is 10.1 Å². The van der Waals surface area contributed by atoms with Crippen LogP contribution >= 0.6 is 0 Å². The van der Waals surface area contributed by atoms with E-state index < -0.39 is 12.0 Å². The Morgan fingerprint density at radius 1 is 1.22 bits per heavy atom. The Balaban J connectivity index is 0. The Labute approximate surface area is 109 Å². The van der Waals surface area contributed by atoms with Crippen molar-refractivity contribution in [3.05, 3.63) is 33.9 Å². The third-order valence-electron chi connectivity index (χ3n) is 1.98. The summed E-state index contributed by atoms with van der Waals surface area (Å²) in [7, 11) is -1.80. The number of nitro groups is 1. The molecule has 1 aromatic rings. The Morgan fingerprint density at radius 2 is 1.72 bits per heavy atom. The standard InChI is InChI=1S/C8H10BNO4.2C2H6/c1-2-6-3-4-8(10(13)14)7(5-6)9(11)12;2*1-2/h3-5,11-12H,2H2,1H3;2*1-2H3.